The Kier molecular flexibility index (Phi) is 6.71. The van der Waals surface area contributed by atoms with Crippen LogP contribution < -0.4 is 14.8 Å². The zero-order valence-corrected chi connectivity index (χ0v) is 16.1. The van der Waals surface area contributed by atoms with E-state index >= 15 is 0 Å². The van der Waals surface area contributed by atoms with Gasteiger partial charge in [0.2, 0.25) is 5.91 Å². The SMILES string of the molecule is CCOc1ccc(Oc2ccc(NC(=O)/C=C/c3cccc(Cl)c3)cc2)cc1. The highest BCUT2D eigenvalue weighted by atomic mass is 35.5. The summed E-state index contributed by atoms with van der Waals surface area (Å²) in [6.45, 7) is 2.57. The summed E-state index contributed by atoms with van der Waals surface area (Å²) >= 11 is 5.93. The van der Waals surface area contributed by atoms with E-state index in [0.717, 1.165) is 11.3 Å². The van der Waals surface area contributed by atoms with Gasteiger partial charge in [0.05, 0.1) is 6.61 Å². The van der Waals surface area contributed by atoms with E-state index in [1.165, 1.54) is 6.08 Å². The normalized spacial score (nSPS) is 10.6. The predicted molar refractivity (Wildman–Crippen MR) is 113 cm³/mol. The Morgan fingerprint density at radius 1 is 0.964 bits per heavy atom. The van der Waals surface area contributed by atoms with Crippen LogP contribution in [0.1, 0.15) is 12.5 Å². The van der Waals surface area contributed by atoms with Crippen LogP contribution in [-0.4, -0.2) is 12.5 Å². The monoisotopic (exact) mass is 393 g/mol. The summed E-state index contributed by atoms with van der Waals surface area (Å²) in [5.41, 5.74) is 1.54. The molecule has 0 aliphatic rings. The van der Waals surface area contributed by atoms with E-state index in [1.807, 2.05) is 43.3 Å². The second kappa shape index (κ2) is 9.62. The maximum absolute atomic E-state index is 12.1. The van der Waals surface area contributed by atoms with Gasteiger partial charge in [-0.25, -0.2) is 0 Å². The van der Waals surface area contributed by atoms with Crippen molar-refractivity contribution in [3.05, 3.63) is 89.5 Å². The first-order chi connectivity index (χ1) is 13.6. The van der Waals surface area contributed by atoms with Gasteiger partial charge in [-0.3, -0.25) is 4.79 Å². The highest BCUT2D eigenvalue weighted by Crippen LogP contribution is 2.25. The van der Waals surface area contributed by atoms with Gasteiger partial charge in [-0.05, 0) is 79.2 Å². The van der Waals surface area contributed by atoms with E-state index in [0.29, 0.717) is 28.8 Å². The quantitative estimate of drug-likeness (QED) is 0.487. The largest absolute Gasteiger partial charge is 0.494 e. The third kappa shape index (κ3) is 5.89. The fourth-order valence-corrected chi connectivity index (χ4v) is 2.68. The fourth-order valence-electron chi connectivity index (χ4n) is 2.48. The summed E-state index contributed by atoms with van der Waals surface area (Å²) in [6, 6.07) is 21.9. The Balaban J connectivity index is 1.55. The zero-order valence-electron chi connectivity index (χ0n) is 15.4. The van der Waals surface area contributed by atoms with Gasteiger partial charge in [0.1, 0.15) is 17.2 Å². The van der Waals surface area contributed by atoms with Crippen molar-refractivity contribution in [2.45, 2.75) is 6.92 Å². The van der Waals surface area contributed by atoms with Crippen LogP contribution in [-0.2, 0) is 4.79 Å². The van der Waals surface area contributed by atoms with E-state index in [9.17, 15) is 4.79 Å². The maximum atomic E-state index is 12.1. The first-order valence-electron chi connectivity index (χ1n) is 8.88. The molecule has 0 bridgehead atoms. The van der Waals surface area contributed by atoms with Crippen LogP contribution in [0.25, 0.3) is 6.08 Å². The second-order valence-electron chi connectivity index (χ2n) is 5.91. The van der Waals surface area contributed by atoms with Crippen LogP contribution in [0.15, 0.2) is 78.9 Å². The van der Waals surface area contributed by atoms with Crippen molar-refractivity contribution in [1.29, 1.82) is 0 Å². The minimum absolute atomic E-state index is 0.222. The molecule has 0 unspecified atom stereocenters. The number of ether oxygens (including phenoxy) is 2. The molecule has 0 aromatic heterocycles. The lowest BCUT2D eigenvalue weighted by Gasteiger charge is -2.08. The Morgan fingerprint density at radius 3 is 2.25 bits per heavy atom. The molecule has 3 aromatic carbocycles. The summed E-state index contributed by atoms with van der Waals surface area (Å²) in [5.74, 6) is 1.97. The molecule has 4 nitrogen and oxygen atoms in total. The van der Waals surface area contributed by atoms with Crippen molar-refractivity contribution in [3.8, 4) is 17.2 Å². The van der Waals surface area contributed by atoms with Gasteiger partial charge in [-0.2, -0.15) is 0 Å². The minimum Gasteiger partial charge on any atom is -0.494 e. The highest BCUT2D eigenvalue weighted by Gasteiger charge is 2.01. The number of carbonyl (C=O) groups is 1. The Hall–Kier alpha value is -3.24. The van der Waals surface area contributed by atoms with Crippen LogP contribution in [0.3, 0.4) is 0 Å². The molecular formula is C23H20ClNO3. The van der Waals surface area contributed by atoms with Crippen LogP contribution >= 0.6 is 11.6 Å². The summed E-state index contributed by atoms with van der Waals surface area (Å²) in [4.78, 5) is 12.1. The molecule has 0 saturated heterocycles. The minimum atomic E-state index is -0.222. The number of nitrogens with one attached hydrogen (secondary N) is 1. The molecule has 0 radical (unpaired) electrons. The van der Waals surface area contributed by atoms with E-state index in [1.54, 1.807) is 42.5 Å². The van der Waals surface area contributed by atoms with Gasteiger partial charge < -0.3 is 14.8 Å². The third-order valence-electron chi connectivity index (χ3n) is 3.77. The zero-order chi connectivity index (χ0) is 19.8. The van der Waals surface area contributed by atoms with Gasteiger partial charge in [-0.15, -0.1) is 0 Å². The molecule has 28 heavy (non-hydrogen) atoms. The lowest BCUT2D eigenvalue weighted by atomic mass is 10.2. The van der Waals surface area contributed by atoms with Gasteiger partial charge in [0, 0.05) is 16.8 Å². The van der Waals surface area contributed by atoms with Crippen LogP contribution in [0, 0.1) is 0 Å². The molecule has 5 heteroatoms. The van der Waals surface area contributed by atoms with E-state index < -0.39 is 0 Å². The first-order valence-corrected chi connectivity index (χ1v) is 9.25. The van der Waals surface area contributed by atoms with Crippen LogP contribution in [0.4, 0.5) is 5.69 Å². The molecule has 0 atom stereocenters. The van der Waals surface area contributed by atoms with Gasteiger partial charge in [0.25, 0.3) is 0 Å². The molecule has 0 fully saturated rings. The van der Waals surface area contributed by atoms with Crippen LogP contribution in [0.5, 0.6) is 17.2 Å². The number of halogens is 1. The van der Waals surface area contributed by atoms with Crippen molar-refractivity contribution >= 4 is 29.3 Å². The summed E-state index contributed by atoms with van der Waals surface area (Å²) in [6.07, 6.45) is 3.18. The lowest BCUT2D eigenvalue weighted by Crippen LogP contribution is -2.07. The van der Waals surface area contributed by atoms with Crippen LogP contribution in [0.2, 0.25) is 5.02 Å². The molecule has 0 spiro atoms. The van der Waals surface area contributed by atoms with Gasteiger partial charge in [0.15, 0.2) is 0 Å². The predicted octanol–water partition coefficient (Wildman–Crippen LogP) is 6.18. The molecule has 3 aromatic rings. The molecule has 0 saturated carbocycles. The topological polar surface area (TPSA) is 47.6 Å². The number of anilines is 1. The molecule has 0 aliphatic heterocycles. The maximum Gasteiger partial charge on any atom is 0.248 e. The number of benzene rings is 3. The second-order valence-corrected chi connectivity index (χ2v) is 6.34. The third-order valence-corrected chi connectivity index (χ3v) is 4.00. The van der Waals surface area contributed by atoms with Crippen molar-refractivity contribution < 1.29 is 14.3 Å². The first kappa shape index (κ1) is 19.5. The Morgan fingerprint density at radius 2 is 1.61 bits per heavy atom. The average molecular weight is 394 g/mol. The molecule has 0 heterocycles. The summed E-state index contributed by atoms with van der Waals surface area (Å²) < 4.78 is 11.2. The lowest BCUT2D eigenvalue weighted by molar-refractivity contribution is -0.111. The van der Waals surface area contributed by atoms with Crippen molar-refractivity contribution in [2.75, 3.05) is 11.9 Å². The number of amides is 1. The fraction of sp³-hybridized carbons (Fsp3) is 0.0870. The van der Waals surface area contributed by atoms with Crippen molar-refractivity contribution in [3.63, 3.8) is 0 Å². The number of carbonyl (C=O) groups excluding carboxylic acids is 1. The highest BCUT2D eigenvalue weighted by molar-refractivity contribution is 6.30. The standard InChI is InChI=1S/C23H20ClNO3/c1-2-27-20-11-13-22(14-12-20)28-21-9-7-19(8-10-21)25-23(26)15-6-17-4-3-5-18(24)16-17/h3-16H,2H2,1H3,(H,25,26)/b15-6+. The molecule has 142 valence electrons. The van der Waals surface area contributed by atoms with E-state index in [-0.39, 0.29) is 5.91 Å². The van der Waals surface area contributed by atoms with Gasteiger partial charge in [-0.1, -0.05) is 23.7 Å². The molecule has 0 aliphatic carbocycles. The molecule has 1 amide bonds. The number of hydrogen-bond donors (Lipinski definition) is 1. The smallest absolute Gasteiger partial charge is 0.248 e. The van der Waals surface area contributed by atoms with E-state index in [4.69, 9.17) is 21.1 Å². The molecular weight excluding hydrogens is 374 g/mol. The van der Waals surface area contributed by atoms with E-state index in [2.05, 4.69) is 5.32 Å². The molecule has 3 rings (SSSR count). The Bertz CT molecular complexity index is 950. The summed E-state index contributed by atoms with van der Waals surface area (Å²) in [5, 5.41) is 3.44. The average Bonchev–Trinajstić information content (AvgIpc) is 2.70. The number of hydrogen-bond acceptors (Lipinski definition) is 3. The van der Waals surface area contributed by atoms with Gasteiger partial charge >= 0.3 is 0 Å². The van der Waals surface area contributed by atoms with Crippen molar-refractivity contribution in [2.24, 2.45) is 0 Å². The molecule has 1 N–H and O–H groups in total. The summed E-state index contributed by atoms with van der Waals surface area (Å²) in [7, 11) is 0. The Labute approximate surface area is 169 Å². The van der Waals surface area contributed by atoms with Crippen molar-refractivity contribution in [1.82, 2.24) is 0 Å². The number of rotatable bonds is 7.